The number of benzene rings is 2. The molecule has 13 heteroatoms. The third-order valence-electron chi connectivity index (χ3n) is 5.88. The van der Waals surface area contributed by atoms with Crippen LogP contribution in [0.5, 0.6) is 0 Å². The lowest BCUT2D eigenvalue weighted by molar-refractivity contribution is -0.166. The van der Waals surface area contributed by atoms with Crippen molar-refractivity contribution in [3.05, 3.63) is 71.8 Å². The molecule has 1 aliphatic rings. The molecule has 3 rings (SSSR count). The molecule has 1 fully saturated rings. The lowest BCUT2D eigenvalue weighted by atomic mass is 10.0. The van der Waals surface area contributed by atoms with Crippen LogP contribution in [0.15, 0.2) is 65.7 Å². The molecular weight excluding hydrogens is 604 g/mol. The highest BCUT2D eigenvalue weighted by Gasteiger charge is 2.54. The minimum atomic E-state index is -1.42. The zero-order chi connectivity index (χ0) is 29.9. The van der Waals surface area contributed by atoms with Gasteiger partial charge in [0.15, 0.2) is 17.9 Å². The molecule has 2 amide bonds. The molecule has 1 unspecified atom stereocenters. The van der Waals surface area contributed by atoms with Crippen LogP contribution in [0.1, 0.15) is 18.1 Å². The Kier molecular flexibility index (Phi) is 11.4. The van der Waals surface area contributed by atoms with Gasteiger partial charge in [0.05, 0.1) is 26.7 Å². The number of alkyl halides is 1. The summed E-state index contributed by atoms with van der Waals surface area (Å²) < 4.78 is 25.9. The van der Waals surface area contributed by atoms with Gasteiger partial charge in [0.1, 0.15) is 11.4 Å². The lowest BCUT2D eigenvalue weighted by Crippen LogP contribution is -2.49. The van der Waals surface area contributed by atoms with Gasteiger partial charge in [0, 0.05) is 13.5 Å². The van der Waals surface area contributed by atoms with Crippen LogP contribution in [0.2, 0.25) is 0 Å². The number of aliphatic imine (C=N–C) groups is 1. The van der Waals surface area contributed by atoms with Crippen LogP contribution in [0, 0.1) is 0 Å². The van der Waals surface area contributed by atoms with Crippen LogP contribution in [0.4, 0.5) is 9.59 Å². The number of nitrogens with zero attached hydrogens (tertiary/aromatic N) is 2. The molecule has 0 N–H and O–H groups in total. The fourth-order valence-corrected chi connectivity index (χ4v) is 4.58. The summed E-state index contributed by atoms with van der Waals surface area (Å²) in [6.07, 6.45) is -4.65. The second kappa shape index (κ2) is 14.9. The summed E-state index contributed by atoms with van der Waals surface area (Å²) in [4.78, 5) is 66.1. The second-order valence-electron chi connectivity index (χ2n) is 8.81. The van der Waals surface area contributed by atoms with E-state index in [4.69, 9.17) is 18.9 Å². The Bertz CT molecular complexity index is 1270. The van der Waals surface area contributed by atoms with Crippen molar-refractivity contribution in [2.45, 2.75) is 43.0 Å². The fraction of sp³-hybridized carbons (Fsp3) is 0.357. The van der Waals surface area contributed by atoms with Crippen molar-refractivity contribution >= 4 is 51.7 Å². The number of carbonyl (C=O) groups is 5. The van der Waals surface area contributed by atoms with Crippen LogP contribution in [-0.2, 0) is 51.1 Å². The summed E-state index contributed by atoms with van der Waals surface area (Å²) in [5, 5.41) is 0. The standard InChI is InChI=1S/C28H29BrN2O10/c1-17(32)40-25(22(29)23(26(34)37-2)30-27(35)38-3)24(41-21(33)14-18-10-6-4-7-11-18)20-15-31(20)28(36)39-16-19-12-8-5-9-13-19/h4-13,20,22,24-25H,14-16H2,1-3H3/b30-23-/t20-,22?,24+,25-,31?/m0/s1. The Labute approximate surface area is 244 Å². The molecule has 1 heterocycles. The average Bonchev–Trinajstić information content (AvgIpc) is 3.77. The van der Waals surface area contributed by atoms with Gasteiger partial charge in [0.2, 0.25) is 0 Å². The quantitative estimate of drug-likeness (QED) is 0.119. The normalized spacial score (nSPS) is 16.4. The van der Waals surface area contributed by atoms with E-state index in [9.17, 15) is 24.0 Å². The Morgan fingerprint density at radius 3 is 2.10 bits per heavy atom. The molecule has 2 aromatic carbocycles. The highest BCUT2D eigenvalue weighted by molar-refractivity contribution is 9.10. The maximum absolute atomic E-state index is 13.0. The summed E-state index contributed by atoms with van der Waals surface area (Å²) in [5.74, 6) is -2.50. The SMILES string of the molecule is COC(=O)/N=C(\C(=O)OC)C(Br)[C@H](OC(C)=O)[C@H](OC(=O)Cc1ccccc1)[C@@H]1CN1C(=O)OCc1ccccc1. The Hall–Kier alpha value is -4.26. The molecule has 0 spiro atoms. The van der Waals surface area contributed by atoms with Gasteiger partial charge < -0.3 is 23.7 Å². The van der Waals surface area contributed by atoms with Crippen LogP contribution in [0.3, 0.4) is 0 Å². The van der Waals surface area contributed by atoms with Gasteiger partial charge in [-0.2, -0.15) is 4.99 Å². The topological polar surface area (TPSA) is 147 Å². The molecule has 2 aromatic rings. The summed E-state index contributed by atoms with van der Waals surface area (Å²) in [6.45, 7) is 1.22. The first-order valence-electron chi connectivity index (χ1n) is 12.4. The Balaban J connectivity index is 1.90. The van der Waals surface area contributed by atoms with Crippen LogP contribution in [-0.4, -0.2) is 84.5 Å². The summed E-state index contributed by atoms with van der Waals surface area (Å²) >= 11 is 3.27. The van der Waals surface area contributed by atoms with Crippen molar-refractivity contribution in [2.24, 2.45) is 4.99 Å². The summed E-state index contributed by atoms with van der Waals surface area (Å²) in [5.41, 5.74) is 0.923. The van der Waals surface area contributed by atoms with Gasteiger partial charge in [-0.1, -0.05) is 76.6 Å². The highest BCUT2D eigenvalue weighted by Crippen LogP contribution is 2.32. The van der Waals surface area contributed by atoms with Crippen LogP contribution >= 0.6 is 15.9 Å². The van der Waals surface area contributed by atoms with Crippen molar-refractivity contribution in [2.75, 3.05) is 20.8 Å². The number of esters is 3. The number of ether oxygens (including phenoxy) is 5. The van der Waals surface area contributed by atoms with E-state index in [-0.39, 0.29) is 19.6 Å². The Morgan fingerprint density at radius 2 is 1.54 bits per heavy atom. The molecule has 4 atom stereocenters. The molecule has 0 radical (unpaired) electrons. The summed E-state index contributed by atoms with van der Waals surface area (Å²) in [6, 6.07) is 17.0. The van der Waals surface area contributed by atoms with Crippen molar-refractivity contribution in [1.82, 2.24) is 4.90 Å². The van der Waals surface area contributed by atoms with E-state index in [0.717, 1.165) is 26.7 Å². The minimum absolute atomic E-state index is 0.00801. The molecule has 1 saturated heterocycles. The molecular formula is C28H29BrN2O10. The average molecular weight is 633 g/mol. The van der Waals surface area contributed by atoms with Gasteiger partial charge >= 0.3 is 30.1 Å². The zero-order valence-electron chi connectivity index (χ0n) is 22.6. The smallest absolute Gasteiger partial charge is 0.433 e. The van der Waals surface area contributed by atoms with Crippen LogP contribution < -0.4 is 0 Å². The van der Waals surface area contributed by atoms with Gasteiger partial charge in [-0.05, 0) is 11.1 Å². The number of hydrogen-bond donors (Lipinski definition) is 0. The zero-order valence-corrected chi connectivity index (χ0v) is 24.1. The largest absolute Gasteiger partial charge is 0.464 e. The molecule has 0 bridgehead atoms. The first kappa shape index (κ1) is 31.3. The van der Waals surface area contributed by atoms with Crippen molar-refractivity contribution in [3.63, 3.8) is 0 Å². The first-order valence-corrected chi connectivity index (χ1v) is 13.3. The number of rotatable bonds is 11. The van der Waals surface area contributed by atoms with Gasteiger partial charge in [-0.3, -0.25) is 14.5 Å². The number of carbonyl (C=O) groups excluding carboxylic acids is 5. The molecule has 0 saturated carbocycles. The number of halogens is 1. The van der Waals surface area contributed by atoms with Crippen molar-refractivity contribution < 1.29 is 47.7 Å². The van der Waals surface area contributed by atoms with E-state index < -0.39 is 58.9 Å². The van der Waals surface area contributed by atoms with Gasteiger partial charge in [-0.25, -0.2) is 14.4 Å². The number of hydrogen-bond acceptors (Lipinski definition) is 10. The molecule has 0 aromatic heterocycles. The summed E-state index contributed by atoms with van der Waals surface area (Å²) in [7, 11) is 2.13. The van der Waals surface area contributed by atoms with Crippen molar-refractivity contribution in [1.29, 1.82) is 0 Å². The van der Waals surface area contributed by atoms with E-state index in [2.05, 4.69) is 25.7 Å². The third kappa shape index (κ3) is 9.13. The third-order valence-corrected chi connectivity index (χ3v) is 6.84. The van der Waals surface area contributed by atoms with Crippen molar-refractivity contribution in [3.8, 4) is 0 Å². The molecule has 1 aliphatic heterocycles. The lowest BCUT2D eigenvalue weighted by Gasteiger charge is -2.30. The highest BCUT2D eigenvalue weighted by atomic mass is 79.9. The molecule has 12 nitrogen and oxygen atoms in total. The number of amides is 2. The minimum Gasteiger partial charge on any atom is -0.464 e. The Morgan fingerprint density at radius 1 is 0.927 bits per heavy atom. The van der Waals surface area contributed by atoms with Crippen LogP contribution in [0.25, 0.3) is 0 Å². The molecule has 218 valence electrons. The van der Waals surface area contributed by atoms with E-state index in [1.807, 2.05) is 6.07 Å². The predicted octanol–water partition coefficient (Wildman–Crippen LogP) is 3.24. The van der Waals surface area contributed by atoms with Gasteiger partial charge in [-0.15, -0.1) is 0 Å². The molecule has 0 aliphatic carbocycles. The first-order chi connectivity index (χ1) is 19.6. The second-order valence-corrected chi connectivity index (χ2v) is 9.80. The number of methoxy groups -OCH3 is 2. The maximum Gasteiger partial charge on any atom is 0.433 e. The maximum atomic E-state index is 13.0. The van der Waals surface area contributed by atoms with E-state index in [1.54, 1.807) is 54.6 Å². The van der Waals surface area contributed by atoms with E-state index >= 15 is 0 Å². The van der Waals surface area contributed by atoms with Gasteiger partial charge in [0.25, 0.3) is 0 Å². The fourth-order valence-electron chi connectivity index (χ4n) is 3.88. The predicted molar refractivity (Wildman–Crippen MR) is 147 cm³/mol. The monoisotopic (exact) mass is 632 g/mol. The van der Waals surface area contributed by atoms with E-state index in [1.165, 1.54) is 4.90 Å². The molecule has 41 heavy (non-hydrogen) atoms. The van der Waals surface area contributed by atoms with E-state index in [0.29, 0.717) is 5.56 Å².